The van der Waals surface area contributed by atoms with E-state index in [1.165, 1.54) is 11.7 Å². The minimum Gasteiger partial charge on any atom is -0.312 e. The van der Waals surface area contributed by atoms with Crippen LogP contribution in [0.15, 0.2) is 35.3 Å². The number of H-pyrrole nitrogens is 1. The summed E-state index contributed by atoms with van der Waals surface area (Å²) in [6.45, 7) is 1.82. The van der Waals surface area contributed by atoms with Crippen LogP contribution in [0.25, 0.3) is 5.69 Å². The zero-order chi connectivity index (χ0) is 13.1. The number of nitrogens with zero attached hydrogens (tertiary/aromatic N) is 1. The van der Waals surface area contributed by atoms with E-state index in [1.54, 1.807) is 30.5 Å². The lowest BCUT2D eigenvalue weighted by Gasteiger charge is -2.05. The maximum absolute atomic E-state index is 11.6. The summed E-state index contributed by atoms with van der Waals surface area (Å²) in [6, 6.07) is 6.66. The minimum atomic E-state index is -0.331. The molecule has 0 aliphatic rings. The molecule has 2 aromatic rings. The molecule has 2 rings (SSSR count). The molecule has 0 aliphatic carbocycles. The van der Waals surface area contributed by atoms with Crippen molar-refractivity contribution in [3.05, 3.63) is 52.2 Å². The second kappa shape index (κ2) is 4.89. The van der Waals surface area contributed by atoms with Crippen molar-refractivity contribution >= 4 is 5.91 Å². The van der Waals surface area contributed by atoms with Gasteiger partial charge in [-0.25, -0.2) is 10.3 Å². The molecule has 6 nitrogen and oxygen atoms in total. The van der Waals surface area contributed by atoms with Crippen molar-refractivity contribution in [3.63, 3.8) is 0 Å². The van der Waals surface area contributed by atoms with Crippen molar-refractivity contribution in [2.24, 2.45) is 0 Å². The molecule has 0 radical (unpaired) electrons. The molecule has 6 heteroatoms. The first-order valence-corrected chi connectivity index (χ1v) is 5.34. The Balaban J connectivity index is 2.34. The van der Waals surface area contributed by atoms with Crippen molar-refractivity contribution < 1.29 is 9.63 Å². The molecule has 2 N–H and O–H groups in total. The average molecular weight is 247 g/mol. The van der Waals surface area contributed by atoms with Gasteiger partial charge in [-0.2, -0.15) is 0 Å². The summed E-state index contributed by atoms with van der Waals surface area (Å²) in [5.41, 5.74) is 3.98. The largest absolute Gasteiger partial charge is 0.330 e. The standard InChI is InChI=1S/C12H13N3O3/c1-8-7-13-12(17)15(8)10-5-3-9(4-6-10)11(16)14-18-2/h3-7H,1-2H3,(H,13,17)(H,14,16). The lowest BCUT2D eigenvalue weighted by molar-refractivity contribution is 0.0537. The third-order valence-corrected chi connectivity index (χ3v) is 2.54. The highest BCUT2D eigenvalue weighted by Gasteiger charge is 2.07. The summed E-state index contributed by atoms with van der Waals surface area (Å²) < 4.78 is 1.53. The second-order valence-corrected chi connectivity index (χ2v) is 3.75. The number of hydrogen-bond donors (Lipinski definition) is 2. The van der Waals surface area contributed by atoms with Crippen LogP contribution in [-0.4, -0.2) is 22.6 Å². The lowest BCUT2D eigenvalue weighted by Crippen LogP contribution is -2.22. The van der Waals surface area contributed by atoms with Gasteiger partial charge in [0.25, 0.3) is 5.91 Å². The highest BCUT2D eigenvalue weighted by Crippen LogP contribution is 2.09. The Labute approximate surface area is 103 Å². The number of hydroxylamine groups is 1. The van der Waals surface area contributed by atoms with Crippen molar-refractivity contribution in [2.45, 2.75) is 6.92 Å². The fourth-order valence-electron chi connectivity index (χ4n) is 1.69. The summed E-state index contributed by atoms with van der Waals surface area (Å²) in [7, 11) is 1.37. The van der Waals surface area contributed by atoms with Crippen LogP contribution in [0.2, 0.25) is 0 Å². The van der Waals surface area contributed by atoms with Gasteiger partial charge in [-0.05, 0) is 31.2 Å². The number of carbonyl (C=O) groups excluding carboxylic acids is 1. The van der Waals surface area contributed by atoms with Gasteiger partial charge in [0.1, 0.15) is 0 Å². The molecule has 94 valence electrons. The van der Waals surface area contributed by atoms with Crippen LogP contribution in [0.4, 0.5) is 0 Å². The van der Waals surface area contributed by atoms with Gasteiger partial charge in [0.15, 0.2) is 0 Å². The molecule has 18 heavy (non-hydrogen) atoms. The molecule has 1 aromatic carbocycles. The van der Waals surface area contributed by atoms with E-state index in [1.807, 2.05) is 6.92 Å². The average Bonchev–Trinajstić information content (AvgIpc) is 2.70. The topological polar surface area (TPSA) is 76.1 Å². The normalized spacial score (nSPS) is 10.3. The molecule has 0 saturated heterocycles. The van der Waals surface area contributed by atoms with Gasteiger partial charge < -0.3 is 4.98 Å². The van der Waals surface area contributed by atoms with Gasteiger partial charge >= 0.3 is 5.69 Å². The Bertz CT molecular complexity index is 610. The third-order valence-electron chi connectivity index (χ3n) is 2.54. The summed E-state index contributed by atoms with van der Waals surface area (Å²) >= 11 is 0. The number of aromatic nitrogens is 2. The van der Waals surface area contributed by atoms with Crippen LogP contribution in [0.3, 0.4) is 0 Å². The number of amides is 1. The van der Waals surface area contributed by atoms with Gasteiger partial charge in [-0.15, -0.1) is 0 Å². The fourth-order valence-corrected chi connectivity index (χ4v) is 1.69. The van der Waals surface area contributed by atoms with E-state index in [0.29, 0.717) is 11.3 Å². The highest BCUT2D eigenvalue weighted by atomic mass is 16.6. The first kappa shape index (κ1) is 12.1. The molecule has 0 fully saturated rings. The molecule has 0 unspecified atom stereocenters. The third kappa shape index (κ3) is 2.18. The maximum atomic E-state index is 11.6. The molecule has 0 bridgehead atoms. The predicted molar refractivity (Wildman–Crippen MR) is 65.6 cm³/mol. The second-order valence-electron chi connectivity index (χ2n) is 3.75. The van der Waals surface area contributed by atoms with Crippen molar-refractivity contribution in [3.8, 4) is 5.69 Å². The number of aryl methyl sites for hydroxylation is 1. The van der Waals surface area contributed by atoms with Crippen LogP contribution >= 0.6 is 0 Å². The smallest absolute Gasteiger partial charge is 0.312 e. The Morgan fingerprint density at radius 2 is 2.00 bits per heavy atom. The van der Waals surface area contributed by atoms with Crippen LogP contribution < -0.4 is 11.2 Å². The Hall–Kier alpha value is -2.34. The zero-order valence-electron chi connectivity index (χ0n) is 10.1. The summed E-state index contributed by atoms with van der Waals surface area (Å²) in [5.74, 6) is -0.331. The van der Waals surface area contributed by atoms with E-state index in [2.05, 4.69) is 15.3 Å². The Morgan fingerprint density at radius 1 is 1.33 bits per heavy atom. The van der Waals surface area contributed by atoms with E-state index in [9.17, 15) is 9.59 Å². The number of aromatic amines is 1. The number of hydrogen-bond acceptors (Lipinski definition) is 3. The maximum Gasteiger partial charge on any atom is 0.330 e. The summed E-state index contributed by atoms with van der Waals surface area (Å²) in [4.78, 5) is 30.2. The SMILES string of the molecule is CONC(=O)c1ccc(-n2c(C)c[nH]c2=O)cc1. The van der Waals surface area contributed by atoms with Crippen LogP contribution in [0.5, 0.6) is 0 Å². The van der Waals surface area contributed by atoms with E-state index in [4.69, 9.17) is 0 Å². The molecular formula is C12H13N3O3. The van der Waals surface area contributed by atoms with Crippen LogP contribution in [0, 0.1) is 6.92 Å². The van der Waals surface area contributed by atoms with Crippen LogP contribution in [-0.2, 0) is 4.84 Å². The summed E-state index contributed by atoms with van der Waals surface area (Å²) in [6.07, 6.45) is 1.63. The molecule has 0 saturated carbocycles. The quantitative estimate of drug-likeness (QED) is 0.786. The van der Waals surface area contributed by atoms with Gasteiger partial charge in [0.2, 0.25) is 0 Å². The zero-order valence-corrected chi connectivity index (χ0v) is 10.1. The number of benzene rings is 1. The fraction of sp³-hybridized carbons (Fsp3) is 0.167. The molecule has 1 heterocycles. The van der Waals surface area contributed by atoms with E-state index in [0.717, 1.165) is 5.69 Å². The van der Waals surface area contributed by atoms with Gasteiger partial charge in [0.05, 0.1) is 12.8 Å². The van der Waals surface area contributed by atoms with E-state index < -0.39 is 0 Å². The molecular weight excluding hydrogens is 234 g/mol. The van der Waals surface area contributed by atoms with Crippen molar-refractivity contribution in [2.75, 3.05) is 7.11 Å². The Morgan fingerprint density at radius 3 is 2.50 bits per heavy atom. The van der Waals surface area contributed by atoms with Crippen LogP contribution in [0.1, 0.15) is 16.1 Å². The molecule has 0 aliphatic heterocycles. The van der Waals surface area contributed by atoms with Crippen molar-refractivity contribution in [1.82, 2.24) is 15.0 Å². The number of imidazole rings is 1. The first-order chi connectivity index (χ1) is 8.63. The minimum absolute atomic E-state index is 0.207. The van der Waals surface area contributed by atoms with Gasteiger partial charge in [-0.3, -0.25) is 14.2 Å². The van der Waals surface area contributed by atoms with E-state index >= 15 is 0 Å². The molecule has 0 atom stereocenters. The Kier molecular flexibility index (Phi) is 3.29. The first-order valence-electron chi connectivity index (χ1n) is 5.34. The number of rotatable bonds is 3. The van der Waals surface area contributed by atoms with Gasteiger partial charge in [0, 0.05) is 17.5 Å². The monoisotopic (exact) mass is 247 g/mol. The molecule has 1 aromatic heterocycles. The van der Waals surface area contributed by atoms with E-state index in [-0.39, 0.29) is 11.6 Å². The number of nitrogens with one attached hydrogen (secondary N) is 2. The molecule has 0 spiro atoms. The van der Waals surface area contributed by atoms with Gasteiger partial charge in [-0.1, -0.05) is 0 Å². The lowest BCUT2D eigenvalue weighted by atomic mass is 10.2. The predicted octanol–water partition coefficient (Wildman–Crippen LogP) is 0.765. The highest BCUT2D eigenvalue weighted by molar-refractivity contribution is 5.93. The van der Waals surface area contributed by atoms with Crippen molar-refractivity contribution in [1.29, 1.82) is 0 Å². The molecule has 1 amide bonds. The summed E-state index contributed by atoms with van der Waals surface area (Å²) in [5, 5.41) is 0. The number of carbonyl (C=O) groups is 1.